The number of nitrogens with zero attached hydrogens (tertiary/aromatic N) is 1. The molecular weight excluding hydrogens is 322 g/mol. The van der Waals surface area contributed by atoms with Crippen LogP contribution in [0.2, 0.25) is 0 Å². The van der Waals surface area contributed by atoms with Gasteiger partial charge in [0.1, 0.15) is 15.7 Å². The van der Waals surface area contributed by atoms with Gasteiger partial charge < -0.3 is 9.47 Å². The summed E-state index contributed by atoms with van der Waals surface area (Å²) in [7, 11) is 0. The molecule has 0 unspecified atom stereocenters. The van der Waals surface area contributed by atoms with Gasteiger partial charge in [-0.2, -0.15) is 0 Å². The van der Waals surface area contributed by atoms with E-state index >= 15 is 0 Å². The second-order valence-electron chi connectivity index (χ2n) is 5.40. The molecule has 0 aliphatic carbocycles. The van der Waals surface area contributed by atoms with Gasteiger partial charge in [0.05, 0.1) is 13.0 Å². The summed E-state index contributed by atoms with van der Waals surface area (Å²) in [5, 5.41) is 0. The zero-order valence-corrected chi connectivity index (χ0v) is 15.9. The Balaban J connectivity index is 5.53. The van der Waals surface area contributed by atoms with E-state index in [9.17, 15) is 9.59 Å². The SMILES string of the molecule is CCOC(=O)C/C(C)=C(\N=C(SC)SC)C(=O)OC(C)(C)C. The van der Waals surface area contributed by atoms with E-state index < -0.39 is 11.6 Å². The van der Waals surface area contributed by atoms with Crippen molar-refractivity contribution in [2.24, 2.45) is 4.99 Å². The monoisotopic (exact) mass is 347 g/mol. The minimum absolute atomic E-state index is 0.0158. The lowest BCUT2D eigenvalue weighted by molar-refractivity contribution is -0.149. The van der Waals surface area contributed by atoms with Crippen molar-refractivity contribution in [2.45, 2.75) is 46.6 Å². The van der Waals surface area contributed by atoms with Crippen molar-refractivity contribution in [1.29, 1.82) is 0 Å². The third-order valence-electron chi connectivity index (χ3n) is 2.26. The molecule has 0 atom stereocenters. The summed E-state index contributed by atoms with van der Waals surface area (Å²) in [5.41, 5.74) is 0.0796. The molecule has 0 aromatic rings. The largest absolute Gasteiger partial charge is 0.466 e. The first-order valence-corrected chi connectivity index (χ1v) is 9.34. The maximum atomic E-state index is 12.3. The lowest BCUT2D eigenvalue weighted by Gasteiger charge is -2.20. The van der Waals surface area contributed by atoms with Gasteiger partial charge in [-0.15, -0.1) is 23.5 Å². The summed E-state index contributed by atoms with van der Waals surface area (Å²) in [6.45, 7) is 9.10. The molecule has 0 rings (SSSR count). The Hall–Kier alpha value is -0.950. The molecule has 7 heteroatoms. The highest BCUT2D eigenvalue weighted by atomic mass is 32.2. The van der Waals surface area contributed by atoms with Gasteiger partial charge in [0.15, 0.2) is 0 Å². The van der Waals surface area contributed by atoms with Gasteiger partial charge in [0, 0.05) is 0 Å². The molecule has 0 aromatic heterocycles. The smallest absolute Gasteiger partial charge is 0.357 e. The Morgan fingerprint density at radius 2 is 1.68 bits per heavy atom. The summed E-state index contributed by atoms with van der Waals surface area (Å²) in [5.74, 6) is -0.916. The first-order valence-electron chi connectivity index (χ1n) is 6.90. The summed E-state index contributed by atoms with van der Waals surface area (Å²) in [4.78, 5) is 28.3. The van der Waals surface area contributed by atoms with Crippen LogP contribution in [0.15, 0.2) is 16.3 Å². The fourth-order valence-corrected chi connectivity index (χ4v) is 2.45. The Morgan fingerprint density at radius 1 is 1.14 bits per heavy atom. The van der Waals surface area contributed by atoms with Crippen molar-refractivity contribution in [3.05, 3.63) is 11.3 Å². The molecule has 0 saturated carbocycles. The van der Waals surface area contributed by atoms with E-state index in [0.717, 1.165) is 4.38 Å². The van der Waals surface area contributed by atoms with Crippen LogP contribution in [0.4, 0.5) is 0 Å². The summed E-state index contributed by atoms with van der Waals surface area (Å²) < 4.78 is 11.0. The molecule has 0 bridgehead atoms. The number of hydrogen-bond acceptors (Lipinski definition) is 7. The molecule has 0 heterocycles. The maximum Gasteiger partial charge on any atom is 0.357 e. The zero-order chi connectivity index (χ0) is 17.3. The number of rotatable bonds is 5. The number of carbonyl (C=O) groups is 2. The second kappa shape index (κ2) is 9.94. The average Bonchev–Trinajstić information content (AvgIpc) is 2.37. The van der Waals surface area contributed by atoms with Crippen LogP contribution in [0.5, 0.6) is 0 Å². The fourth-order valence-electron chi connectivity index (χ4n) is 1.42. The molecule has 0 saturated heterocycles. The van der Waals surface area contributed by atoms with Gasteiger partial charge in [-0.3, -0.25) is 4.79 Å². The number of esters is 2. The van der Waals surface area contributed by atoms with Gasteiger partial charge in [0.25, 0.3) is 0 Å². The van der Waals surface area contributed by atoms with Crippen LogP contribution in [0.25, 0.3) is 0 Å². The third-order valence-corrected chi connectivity index (χ3v) is 4.14. The highest BCUT2D eigenvalue weighted by molar-refractivity contribution is 8.38. The van der Waals surface area contributed by atoms with Crippen molar-refractivity contribution in [3.63, 3.8) is 0 Å². The first-order chi connectivity index (χ1) is 10.1. The highest BCUT2D eigenvalue weighted by Gasteiger charge is 2.23. The summed E-state index contributed by atoms with van der Waals surface area (Å²) in [6.07, 6.45) is 3.77. The molecule has 0 fully saturated rings. The average molecular weight is 348 g/mol. The van der Waals surface area contributed by atoms with E-state index in [-0.39, 0.29) is 18.1 Å². The molecule has 0 aliphatic rings. The predicted octanol–water partition coefficient (Wildman–Crippen LogP) is 3.64. The van der Waals surface area contributed by atoms with E-state index in [1.807, 2.05) is 12.5 Å². The topological polar surface area (TPSA) is 65.0 Å². The van der Waals surface area contributed by atoms with Crippen molar-refractivity contribution >= 4 is 39.8 Å². The summed E-state index contributed by atoms with van der Waals surface area (Å²) >= 11 is 2.87. The third kappa shape index (κ3) is 8.48. The van der Waals surface area contributed by atoms with E-state index in [1.165, 1.54) is 23.5 Å². The molecule has 0 amide bonds. The standard InChI is InChI=1S/C15H25NO4S2/c1-8-19-11(17)9-10(2)12(16-14(21-6)22-7)13(18)20-15(3,4)5/h8-9H2,1-7H3/b12-10-. The van der Waals surface area contributed by atoms with Crippen LogP contribution in [-0.2, 0) is 19.1 Å². The number of hydrogen-bond donors (Lipinski definition) is 0. The second-order valence-corrected chi connectivity index (χ2v) is 7.25. The van der Waals surface area contributed by atoms with Crippen molar-refractivity contribution in [2.75, 3.05) is 19.1 Å². The zero-order valence-electron chi connectivity index (χ0n) is 14.3. The molecule has 0 aromatic carbocycles. The molecule has 126 valence electrons. The van der Waals surface area contributed by atoms with Gasteiger partial charge in [-0.1, -0.05) is 0 Å². The van der Waals surface area contributed by atoms with Crippen LogP contribution in [-0.4, -0.2) is 41.0 Å². The predicted molar refractivity (Wildman–Crippen MR) is 94.3 cm³/mol. The first kappa shape index (κ1) is 21.0. The van der Waals surface area contributed by atoms with Gasteiger partial charge in [-0.05, 0) is 52.7 Å². The van der Waals surface area contributed by atoms with Crippen LogP contribution in [0.3, 0.4) is 0 Å². The molecule has 0 spiro atoms. The Kier molecular flexibility index (Phi) is 9.51. The molecule has 0 aliphatic heterocycles. The molecule has 0 radical (unpaired) electrons. The molecule has 22 heavy (non-hydrogen) atoms. The van der Waals surface area contributed by atoms with Crippen LogP contribution < -0.4 is 0 Å². The van der Waals surface area contributed by atoms with Crippen LogP contribution in [0.1, 0.15) is 41.0 Å². The van der Waals surface area contributed by atoms with Gasteiger partial charge in [-0.25, -0.2) is 9.79 Å². The number of carbonyl (C=O) groups excluding carboxylic acids is 2. The van der Waals surface area contributed by atoms with Crippen molar-refractivity contribution in [1.82, 2.24) is 0 Å². The van der Waals surface area contributed by atoms with Gasteiger partial charge >= 0.3 is 11.9 Å². The minimum atomic E-state index is -0.624. The van der Waals surface area contributed by atoms with E-state index in [4.69, 9.17) is 9.47 Å². The van der Waals surface area contributed by atoms with Crippen LogP contribution in [0, 0.1) is 0 Å². The number of ether oxygens (including phenoxy) is 2. The Labute approximate surface area is 141 Å². The molecule has 0 N–H and O–H groups in total. The fraction of sp³-hybridized carbons (Fsp3) is 0.667. The van der Waals surface area contributed by atoms with Crippen molar-refractivity contribution < 1.29 is 19.1 Å². The lowest BCUT2D eigenvalue weighted by Crippen LogP contribution is -2.25. The summed E-state index contributed by atoms with van der Waals surface area (Å²) in [6, 6.07) is 0. The van der Waals surface area contributed by atoms with Crippen molar-refractivity contribution in [3.8, 4) is 0 Å². The number of aliphatic imine (C=N–C) groups is 1. The quantitative estimate of drug-likeness (QED) is 0.327. The highest BCUT2D eigenvalue weighted by Crippen LogP contribution is 2.21. The Bertz CT molecular complexity index is 459. The Morgan fingerprint density at radius 3 is 2.09 bits per heavy atom. The number of thioether (sulfide) groups is 2. The molecule has 5 nitrogen and oxygen atoms in total. The van der Waals surface area contributed by atoms with E-state index in [1.54, 1.807) is 34.6 Å². The normalized spacial score (nSPS) is 12.3. The lowest BCUT2D eigenvalue weighted by atomic mass is 10.1. The maximum absolute atomic E-state index is 12.3. The van der Waals surface area contributed by atoms with E-state index in [2.05, 4.69) is 4.99 Å². The molecular formula is C15H25NO4S2. The van der Waals surface area contributed by atoms with Crippen LogP contribution >= 0.6 is 23.5 Å². The van der Waals surface area contributed by atoms with Gasteiger partial charge in [0.2, 0.25) is 0 Å². The van der Waals surface area contributed by atoms with E-state index in [0.29, 0.717) is 12.2 Å². The minimum Gasteiger partial charge on any atom is -0.466 e.